The van der Waals surface area contributed by atoms with E-state index in [9.17, 15) is 4.79 Å². The van der Waals surface area contributed by atoms with E-state index in [4.69, 9.17) is 9.15 Å². The number of fused-ring (bicyclic) bond motifs is 2. The molecule has 2 aliphatic rings. The molecule has 5 nitrogen and oxygen atoms in total. The van der Waals surface area contributed by atoms with E-state index >= 15 is 0 Å². The molecule has 3 aromatic rings. The number of rotatable bonds is 4. The summed E-state index contributed by atoms with van der Waals surface area (Å²) in [7, 11) is 0. The zero-order valence-electron chi connectivity index (χ0n) is 15.8. The Balaban J connectivity index is 1.45. The molecule has 144 valence electrons. The molecule has 0 radical (unpaired) electrons. The normalized spacial score (nSPS) is 20.4. The van der Waals surface area contributed by atoms with Gasteiger partial charge in [-0.25, -0.2) is 4.79 Å². The van der Waals surface area contributed by atoms with Gasteiger partial charge in [-0.05, 0) is 55.6 Å². The summed E-state index contributed by atoms with van der Waals surface area (Å²) in [6.45, 7) is 4.25. The SMILES string of the molecule is O=c1cc(CN2CCCN3CCCC32)c2ccc(Oc3ccccc3)cc2o1. The Bertz CT molecular complexity index is 1030. The third-order valence-electron chi connectivity index (χ3n) is 5.80. The first-order valence-electron chi connectivity index (χ1n) is 10.0. The summed E-state index contributed by atoms with van der Waals surface area (Å²) in [5, 5.41) is 0.982. The molecule has 2 saturated heterocycles. The van der Waals surface area contributed by atoms with E-state index in [1.807, 2.05) is 48.5 Å². The maximum atomic E-state index is 12.2. The molecule has 1 aromatic heterocycles. The second kappa shape index (κ2) is 7.41. The summed E-state index contributed by atoms with van der Waals surface area (Å²) in [4.78, 5) is 17.3. The van der Waals surface area contributed by atoms with Crippen LogP contribution in [0, 0.1) is 0 Å². The van der Waals surface area contributed by atoms with Crippen molar-refractivity contribution in [3.63, 3.8) is 0 Å². The summed E-state index contributed by atoms with van der Waals surface area (Å²) >= 11 is 0. The quantitative estimate of drug-likeness (QED) is 0.638. The third-order valence-corrected chi connectivity index (χ3v) is 5.80. The summed E-state index contributed by atoms with van der Waals surface area (Å²) < 4.78 is 11.4. The van der Waals surface area contributed by atoms with Crippen molar-refractivity contribution in [2.24, 2.45) is 0 Å². The lowest BCUT2D eigenvalue weighted by Gasteiger charge is -2.40. The molecule has 0 N–H and O–H groups in total. The van der Waals surface area contributed by atoms with E-state index in [1.165, 1.54) is 32.4 Å². The molecule has 0 amide bonds. The number of ether oxygens (including phenoxy) is 1. The van der Waals surface area contributed by atoms with Crippen LogP contribution in [-0.4, -0.2) is 35.6 Å². The molecule has 2 fully saturated rings. The van der Waals surface area contributed by atoms with Crippen LogP contribution in [-0.2, 0) is 6.54 Å². The first kappa shape index (κ1) is 17.5. The Morgan fingerprint density at radius 1 is 0.964 bits per heavy atom. The average Bonchev–Trinajstić information content (AvgIpc) is 3.18. The smallest absolute Gasteiger partial charge is 0.336 e. The molecule has 0 aliphatic carbocycles. The fourth-order valence-corrected chi connectivity index (χ4v) is 4.54. The molecule has 5 heteroatoms. The van der Waals surface area contributed by atoms with Crippen LogP contribution < -0.4 is 10.4 Å². The molecule has 0 spiro atoms. The molecule has 1 unspecified atom stereocenters. The molecule has 5 rings (SSSR count). The van der Waals surface area contributed by atoms with Gasteiger partial charge in [0.15, 0.2) is 0 Å². The van der Waals surface area contributed by atoms with Crippen LogP contribution in [0.4, 0.5) is 0 Å². The molecule has 1 atom stereocenters. The van der Waals surface area contributed by atoms with Crippen molar-refractivity contribution in [3.8, 4) is 11.5 Å². The van der Waals surface area contributed by atoms with Crippen molar-refractivity contribution in [1.82, 2.24) is 9.80 Å². The summed E-state index contributed by atoms with van der Waals surface area (Å²) in [5.74, 6) is 1.42. The van der Waals surface area contributed by atoms with Crippen LogP contribution in [0.25, 0.3) is 11.0 Å². The predicted molar refractivity (Wildman–Crippen MR) is 109 cm³/mol. The molecular weight excluding hydrogens is 352 g/mol. The number of nitrogens with zero attached hydrogens (tertiary/aromatic N) is 2. The van der Waals surface area contributed by atoms with Gasteiger partial charge in [0.05, 0.1) is 6.17 Å². The second-order valence-corrected chi connectivity index (χ2v) is 7.65. The lowest BCUT2D eigenvalue weighted by Crippen LogP contribution is -2.49. The highest BCUT2D eigenvalue weighted by Crippen LogP contribution is 2.30. The Morgan fingerprint density at radius 2 is 1.82 bits per heavy atom. The predicted octanol–water partition coefficient (Wildman–Crippen LogP) is 4.21. The van der Waals surface area contributed by atoms with Crippen molar-refractivity contribution in [2.45, 2.75) is 32.0 Å². The third kappa shape index (κ3) is 3.43. The Hall–Kier alpha value is -2.63. The largest absolute Gasteiger partial charge is 0.457 e. The van der Waals surface area contributed by atoms with E-state index in [1.54, 1.807) is 6.07 Å². The lowest BCUT2D eigenvalue weighted by molar-refractivity contribution is 0.0289. The highest BCUT2D eigenvalue weighted by atomic mass is 16.5. The summed E-state index contributed by atoms with van der Waals surface area (Å²) in [5.41, 5.74) is 1.31. The van der Waals surface area contributed by atoms with E-state index in [2.05, 4.69) is 9.80 Å². The van der Waals surface area contributed by atoms with Gasteiger partial charge in [0.1, 0.15) is 17.1 Å². The highest BCUT2D eigenvalue weighted by molar-refractivity contribution is 5.81. The highest BCUT2D eigenvalue weighted by Gasteiger charge is 2.32. The molecule has 3 heterocycles. The standard InChI is InChI=1S/C23H24N2O3/c26-23-14-17(16-25-13-5-12-24-11-4-8-22(24)25)20-10-9-19(15-21(20)28-23)27-18-6-2-1-3-7-18/h1-3,6-7,9-10,14-15,22H,4-5,8,11-13,16H2. The molecule has 2 aromatic carbocycles. The van der Waals surface area contributed by atoms with Crippen molar-refractivity contribution < 1.29 is 9.15 Å². The average molecular weight is 376 g/mol. The van der Waals surface area contributed by atoms with Crippen molar-refractivity contribution in [3.05, 3.63) is 70.6 Å². The van der Waals surface area contributed by atoms with Gasteiger partial charge >= 0.3 is 5.63 Å². The van der Waals surface area contributed by atoms with E-state index in [0.717, 1.165) is 29.8 Å². The van der Waals surface area contributed by atoms with E-state index < -0.39 is 0 Å². The van der Waals surface area contributed by atoms with Crippen molar-refractivity contribution in [2.75, 3.05) is 19.6 Å². The zero-order chi connectivity index (χ0) is 18.9. The number of hydrogen-bond acceptors (Lipinski definition) is 5. The molecule has 2 aliphatic heterocycles. The minimum Gasteiger partial charge on any atom is -0.457 e. The van der Waals surface area contributed by atoms with Crippen LogP contribution in [0.1, 0.15) is 24.8 Å². The van der Waals surface area contributed by atoms with Gasteiger partial charge in [-0.15, -0.1) is 0 Å². The van der Waals surface area contributed by atoms with Gasteiger partial charge in [-0.1, -0.05) is 18.2 Å². The Labute approximate surface area is 164 Å². The second-order valence-electron chi connectivity index (χ2n) is 7.65. The van der Waals surface area contributed by atoms with Crippen LogP contribution in [0.3, 0.4) is 0 Å². The van der Waals surface area contributed by atoms with Gasteiger partial charge in [0.2, 0.25) is 0 Å². The lowest BCUT2D eigenvalue weighted by atomic mass is 10.1. The molecular formula is C23H24N2O3. The van der Waals surface area contributed by atoms with Crippen molar-refractivity contribution >= 4 is 11.0 Å². The van der Waals surface area contributed by atoms with E-state index in [-0.39, 0.29) is 5.63 Å². The molecule has 28 heavy (non-hydrogen) atoms. The van der Waals surface area contributed by atoms with Crippen molar-refractivity contribution in [1.29, 1.82) is 0 Å². The van der Waals surface area contributed by atoms with Crippen LogP contribution in [0.15, 0.2) is 63.8 Å². The maximum absolute atomic E-state index is 12.2. The van der Waals surface area contributed by atoms with Gasteiger partial charge in [-0.3, -0.25) is 9.80 Å². The number of para-hydroxylation sites is 1. The van der Waals surface area contributed by atoms with Gasteiger partial charge in [0.25, 0.3) is 0 Å². The number of hydrogen-bond donors (Lipinski definition) is 0. The van der Waals surface area contributed by atoms with Crippen LogP contribution in [0.2, 0.25) is 0 Å². The first-order valence-corrected chi connectivity index (χ1v) is 10.0. The Kier molecular flexibility index (Phi) is 4.63. The minimum absolute atomic E-state index is 0.306. The topological polar surface area (TPSA) is 45.9 Å². The van der Waals surface area contributed by atoms with Gasteiger partial charge < -0.3 is 9.15 Å². The molecule has 0 saturated carbocycles. The molecule has 0 bridgehead atoms. The maximum Gasteiger partial charge on any atom is 0.336 e. The summed E-state index contributed by atoms with van der Waals surface area (Å²) in [6, 6.07) is 17.0. The first-order chi connectivity index (χ1) is 13.8. The van der Waals surface area contributed by atoms with E-state index in [0.29, 0.717) is 17.5 Å². The zero-order valence-corrected chi connectivity index (χ0v) is 15.8. The van der Waals surface area contributed by atoms with Gasteiger partial charge in [0, 0.05) is 37.2 Å². The fourth-order valence-electron chi connectivity index (χ4n) is 4.54. The number of benzene rings is 2. The van der Waals surface area contributed by atoms with Crippen LogP contribution >= 0.6 is 0 Å². The summed E-state index contributed by atoms with van der Waals surface area (Å²) in [6.07, 6.45) is 4.18. The Morgan fingerprint density at radius 3 is 2.71 bits per heavy atom. The minimum atomic E-state index is -0.306. The van der Waals surface area contributed by atoms with Gasteiger partial charge in [-0.2, -0.15) is 0 Å². The monoisotopic (exact) mass is 376 g/mol. The van der Waals surface area contributed by atoms with Crippen LogP contribution in [0.5, 0.6) is 11.5 Å². The fraction of sp³-hybridized carbons (Fsp3) is 0.348.